The lowest BCUT2D eigenvalue weighted by Crippen LogP contribution is -2.42. The molecule has 3 heteroatoms. The van der Waals surface area contributed by atoms with E-state index in [0.717, 1.165) is 19.3 Å². The average Bonchev–Trinajstić information content (AvgIpc) is 2.28. The number of carbonyl (C=O) groups excluding carboxylic acids is 1. The molecule has 1 amide bonds. The molecule has 3 nitrogen and oxygen atoms in total. The molecule has 0 radical (unpaired) electrons. The number of aliphatic hydroxyl groups is 1. The van der Waals surface area contributed by atoms with Gasteiger partial charge in [-0.25, -0.2) is 0 Å². The first kappa shape index (κ1) is 13.5. The molecule has 1 rings (SSSR count). The summed E-state index contributed by atoms with van der Waals surface area (Å²) in [5.74, 6) is 0.846. The molecule has 1 aliphatic carbocycles. The van der Waals surface area contributed by atoms with E-state index >= 15 is 0 Å². The zero-order chi connectivity index (χ0) is 12.0. The molecule has 1 atom stereocenters. The highest BCUT2D eigenvalue weighted by Crippen LogP contribution is 2.23. The van der Waals surface area contributed by atoms with Crippen LogP contribution < -0.4 is 5.32 Å². The molecule has 0 heterocycles. The van der Waals surface area contributed by atoms with Crippen molar-refractivity contribution in [1.82, 2.24) is 5.32 Å². The minimum atomic E-state index is -0.0607. The lowest BCUT2D eigenvalue weighted by Gasteiger charge is -2.24. The number of hydrogen-bond donors (Lipinski definition) is 2. The van der Waals surface area contributed by atoms with Crippen LogP contribution in [-0.2, 0) is 4.79 Å². The van der Waals surface area contributed by atoms with Crippen molar-refractivity contribution in [2.45, 2.75) is 58.4 Å². The van der Waals surface area contributed by atoms with Gasteiger partial charge in [-0.3, -0.25) is 4.79 Å². The van der Waals surface area contributed by atoms with Gasteiger partial charge in [0, 0.05) is 5.92 Å². The van der Waals surface area contributed by atoms with E-state index in [4.69, 9.17) is 0 Å². The number of amides is 1. The molecular weight excluding hydrogens is 202 g/mol. The van der Waals surface area contributed by atoms with Crippen LogP contribution in [0.2, 0.25) is 0 Å². The van der Waals surface area contributed by atoms with Crippen molar-refractivity contribution < 1.29 is 9.90 Å². The van der Waals surface area contributed by atoms with Gasteiger partial charge in [0.1, 0.15) is 0 Å². The number of nitrogens with one attached hydrogen (secondary N) is 1. The molecule has 0 saturated heterocycles. The highest BCUT2D eigenvalue weighted by atomic mass is 16.3. The Bertz CT molecular complexity index is 210. The highest BCUT2D eigenvalue weighted by Gasteiger charge is 2.23. The van der Waals surface area contributed by atoms with E-state index in [-0.39, 0.29) is 24.5 Å². The van der Waals surface area contributed by atoms with Crippen molar-refractivity contribution >= 4 is 5.91 Å². The summed E-state index contributed by atoms with van der Waals surface area (Å²) < 4.78 is 0. The van der Waals surface area contributed by atoms with Gasteiger partial charge in [-0.2, -0.15) is 0 Å². The molecule has 0 aromatic carbocycles. The molecule has 0 bridgehead atoms. The van der Waals surface area contributed by atoms with Gasteiger partial charge < -0.3 is 10.4 Å². The Kier molecular flexibility index (Phi) is 5.81. The molecule has 0 aliphatic heterocycles. The van der Waals surface area contributed by atoms with Crippen LogP contribution in [0.15, 0.2) is 0 Å². The molecule has 0 spiro atoms. The summed E-state index contributed by atoms with van der Waals surface area (Å²) >= 11 is 0. The molecule has 1 aliphatic rings. The SMILES string of the molecule is CC(C)CC(CO)NC(=O)C1CCCCC1. The maximum Gasteiger partial charge on any atom is 0.223 e. The first-order valence-electron chi connectivity index (χ1n) is 6.54. The number of hydrogen-bond acceptors (Lipinski definition) is 2. The smallest absolute Gasteiger partial charge is 0.223 e. The van der Waals surface area contributed by atoms with Crippen molar-refractivity contribution in [1.29, 1.82) is 0 Å². The van der Waals surface area contributed by atoms with Crippen LogP contribution in [-0.4, -0.2) is 23.7 Å². The van der Waals surface area contributed by atoms with Crippen molar-refractivity contribution in [2.24, 2.45) is 11.8 Å². The van der Waals surface area contributed by atoms with E-state index in [9.17, 15) is 9.90 Å². The van der Waals surface area contributed by atoms with Crippen molar-refractivity contribution in [3.63, 3.8) is 0 Å². The third-order valence-electron chi connectivity index (χ3n) is 3.30. The zero-order valence-corrected chi connectivity index (χ0v) is 10.5. The van der Waals surface area contributed by atoms with Gasteiger partial charge in [0.2, 0.25) is 5.91 Å². The number of carbonyl (C=O) groups is 1. The molecule has 1 fully saturated rings. The van der Waals surface area contributed by atoms with Gasteiger partial charge in [-0.05, 0) is 25.2 Å². The summed E-state index contributed by atoms with van der Waals surface area (Å²) in [5.41, 5.74) is 0. The molecule has 1 unspecified atom stereocenters. The molecule has 1 saturated carbocycles. The first-order valence-corrected chi connectivity index (χ1v) is 6.54. The average molecular weight is 227 g/mol. The molecule has 16 heavy (non-hydrogen) atoms. The topological polar surface area (TPSA) is 49.3 Å². The Hall–Kier alpha value is -0.570. The Labute approximate surface area is 98.6 Å². The van der Waals surface area contributed by atoms with Gasteiger partial charge in [-0.1, -0.05) is 33.1 Å². The maximum absolute atomic E-state index is 11.9. The third-order valence-corrected chi connectivity index (χ3v) is 3.30. The van der Waals surface area contributed by atoms with Gasteiger partial charge >= 0.3 is 0 Å². The van der Waals surface area contributed by atoms with Crippen LogP contribution in [0.3, 0.4) is 0 Å². The lowest BCUT2D eigenvalue weighted by molar-refractivity contribution is -0.127. The van der Waals surface area contributed by atoms with Crippen molar-refractivity contribution in [3.05, 3.63) is 0 Å². The molecule has 94 valence electrons. The minimum absolute atomic E-state index is 0.0522. The van der Waals surface area contributed by atoms with E-state index in [2.05, 4.69) is 19.2 Å². The normalized spacial score (nSPS) is 19.8. The monoisotopic (exact) mass is 227 g/mol. The summed E-state index contributed by atoms with van der Waals surface area (Å²) in [6, 6.07) is -0.0607. The van der Waals surface area contributed by atoms with Crippen LogP contribution in [0, 0.1) is 11.8 Å². The predicted octanol–water partition coefficient (Wildman–Crippen LogP) is 2.09. The van der Waals surface area contributed by atoms with Crippen LogP contribution in [0.25, 0.3) is 0 Å². The number of rotatable bonds is 5. The number of aliphatic hydroxyl groups excluding tert-OH is 1. The highest BCUT2D eigenvalue weighted by molar-refractivity contribution is 5.79. The summed E-state index contributed by atoms with van der Waals surface area (Å²) in [6.07, 6.45) is 6.50. The van der Waals surface area contributed by atoms with Gasteiger partial charge in [0.05, 0.1) is 12.6 Å². The fourth-order valence-electron chi connectivity index (χ4n) is 2.43. The Balaban J connectivity index is 2.35. The zero-order valence-electron chi connectivity index (χ0n) is 10.5. The van der Waals surface area contributed by atoms with E-state index in [0.29, 0.717) is 5.92 Å². The van der Waals surface area contributed by atoms with E-state index in [1.54, 1.807) is 0 Å². The summed E-state index contributed by atoms with van der Waals surface area (Å²) in [7, 11) is 0. The Morgan fingerprint density at radius 1 is 1.31 bits per heavy atom. The second-order valence-electron chi connectivity index (χ2n) is 5.35. The van der Waals surface area contributed by atoms with Crippen LogP contribution in [0.5, 0.6) is 0 Å². The predicted molar refractivity (Wildman–Crippen MR) is 65.0 cm³/mol. The van der Waals surface area contributed by atoms with Gasteiger partial charge in [0.25, 0.3) is 0 Å². The quantitative estimate of drug-likeness (QED) is 0.755. The molecule has 0 aromatic rings. The first-order chi connectivity index (χ1) is 7.63. The Morgan fingerprint density at radius 2 is 1.94 bits per heavy atom. The molecule has 0 aromatic heterocycles. The van der Waals surface area contributed by atoms with E-state index in [1.165, 1.54) is 19.3 Å². The Morgan fingerprint density at radius 3 is 2.44 bits per heavy atom. The van der Waals surface area contributed by atoms with Crippen molar-refractivity contribution in [3.8, 4) is 0 Å². The van der Waals surface area contributed by atoms with E-state index in [1.807, 2.05) is 0 Å². The van der Waals surface area contributed by atoms with Crippen LogP contribution in [0.4, 0.5) is 0 Å². The van der Waals surface area contributed by atoms with Crippen LogP contribution >= 0.6 is 0 Å². The van der Waals surface area contributed by atoms with Crippen molar-refractivity contribution in [2.75, 3.05) is 6.61 Å². The fraction of sp³-hybridized carbons (Fsp3) is 0.923. The second kappa shape index (κ2) is 6.89. The van der Waals surface area contributed by atoms with Gasteiger partial charge in [0.15, 0.2) is 0 Å². The minimum Gasteiger partial charge on any atom is -0.394 e. The standard InChI is InChI=1S/C13H25NO2/c1-10(2)8-12(9-15)14-13(16)11-6-4-3-5-7-11/h10-12,15H,3-9H2,1-2H3,(H,14,16). The second-order valence-corrected chi connectivity index (χ2v) is 5.35. The summed E-state index contributed by atoms with van der Waals surface area (Å²) in [6.45, 7) is 4.27. The lowest BCUT2D eigenvalue weighted by atomic mass is 9.88. The summed E-state index contributed by atoms with van der Waals surface area (Å²) in [5, 5.41) is 12.2. The van der Waals surface area contributed by atoms with E-state index < -0.39 is 0 Å². The molecule has 2 N–H and O–H groups in total. The van der Waals surface area contributed by atoms with Gasteiger partial charge in [-0.15, -0.1) is 0 Å². The largest absolute Gasteiger partial charge is 0.394 e. The summed E-state index contributed by atoms with van der Waals surface area (Å²) in [4.78, 5) is 11.9. The fourth-order valence-corrected chi connectivity index (χ4v) is 2.43. The molecular formula is C13H25NO2. The van der Waals surface area contributed by atoms with Crippen LogP contribution in [0.1, 0.15) is 52.4 Å². The third kappa shape index (κ3) is 4.52. The maximum atomic E-state index is 11.9.